The summed E-state index contributed by atoms with van der Waals surface area (Å²) in [6, 6.07) is 8.06. The lowest BCUT2D eigenvalue weighted by atomic mass is 10.1. The van der Waals surface area contributed by atoms with Gasteiger partial charge in [-0.1, -0.05) is 12.1 Å². The fourth-order valence-electron chi connectivity index (χ4n) is 2.96. The van der Waals surface area contributed by atoms with Gasteiger partial charge in [-0.3, -0.25) is 14.9 Å². The first-order chi connectivity index (χ1) is 15.0. The number of sulfone groups is 1. The van der Waals surface area contributed by atoms with Crippen LogP contribution in [0.25, 0.3) is 0 Å². The molecule has 174 valence electrons. The van der Waals surface area contributed by atoms with Gasteiger partial charge in [0.05, 0.1) is 35.6 Å². The van der Waals surface area contributed by atoms with E-state index >= 15 is 0 Å². The van der Waals surface area contributed by atoms with Crippen LogP contribution in [0.1, 0.15) is 28.9 Å². The highest BCUT2D eigenvalue weighted by atomic mass is 32.2. The average Bonchev–Trinajstić information content (AvgIpc) is 2.76. The first-order valence-corrected chi connectivity index (χ1v) is 11.5. The van der Waals surface area contributed by atoms with E-state index in [4.69, 9.17) is 14.2 Å². The smallest absolute Gasteiger partial charge is 0.286 e. The van der Waals surface area contributed by atoms with Crippen molar-refractivity contribution in [3.63, 3.8) is 0 Å². The van der Waals surface area contributed by atoms with E-state index < -0.39 is 32.4 Å². The first kappa shape index (κ1) is 25.1. The lowest BCUT2D eigenvalue weighted by Crippen LogP contribution is -2.30. The number of benzene rings is 2. The molecule has 1 atom stereocenters. The molecule has 0 bridgehead atoms. The molecule has 10 nitrogen and oxygen atoms in total. The van der Waals surface area contributed by atoms with Crippen molar-refractivity contribution in [2.75, 3.05) is 40.7 Å². The molecule has 0 aliphatic heterocycles. The molecule has 0 saturated heterocycles. The van der Waals surface area contributed by atoms with E-state index in [9.17, 15) is 23.3 Å². The van der Waals surface area contributed by atoms with E-state index in [0.717, 1.165) is 12.3 Å². The SMILES string of the molecule is COCCOc1cc([N+](=O)[O-])c(C(=O)N(C)C(C)c2ccc(S(C)(=O)=O)cc2)cc1OC. The van der Waals surface area contributed by atoms with Crippen molar-refractivity contribution in [1.82, 2.24) is 4.90 Å². The largest absolute Gasteiger partial charge is 0.493 e. The van der Waals surface area contributed by atoms with Gasteiger partial charge in [0.1, 0.15) is 12.2 Å². The third-order valence-corrected chi connectivity index (χ3v) is 6.07. The van der Waals surface area contributed by atoms with Crippen molar-refractivity contribution in [1.29, 1.82) is 0 Å². The molecule has 0 saturated carbocycles. The second kappa shape index (κ2) is 10.4. The average molecular weight is 467 g/mol. The monoisotopic (exact) mass is 466 g/mol. The number of hydrogen-bond acceptors (Lipinski definition) is 8. The van der Waals surface area contributed by atoms with E-state index in [2.05, 4.69) is 0 Å². The van der Waals surface area contributed by atoms with Gasteiger partial charge in [0.15, 0.2) is 21.3 Å². The second-order valence-corrected chi connectivity index (χ2v) is 9.07. The van der Waals surface area contributed by atoms with Crippen LogP contribution in [0.15, 0.2) is 41.3 Å². The minimum absolute atomic E-state index is 0.125. The molecule has 0 aliphatic rings. The van der Waals surface area contributed by atoms with E-state index in [1.807, 2.05) is 0 Å². The van der Waals surface area contributed by atoms with Crippen molar-refractivity contribution < 1.29 is 32.3 Å². The molecule has 2 aromatic rings. The van der Waals surface area contributed by atoms with Gasteiger partial charge in [0, 0.05) is 26.5 Å². The highest BCUT2D eigenvalue weighted by Gasteiger charge is 2.29. The molecule has 11 heteroatoms. The van der Waals surface area contributed by atoms with Crippen LogP contribution in [0.3, 0.4) is 0 Å². The highest BCUT2D eigenvalue weighted by molar-refractivity contribution is 7.90. The normalized spacial score (nSPS) is 12.2. The van der Waals surface area contributed by atoms with Crippen molar-refractivity contribution in [3.05, 3.63) is 57.6 Å². The van der Waals surface area contributed by atoms with E-state index in [0.29, 0.717) is 5.56 Å². The molecule has 0 radical (unpaired) electrons. The summed E-state index contributed by atoms with van der Waals surface area (Å²) in [6.07, 6.45) is 1.11. The van der Waals surface area contributed by atoms with Crippen LogP contribution in [0.5, 0.6) is 11.5 Å². The fourth-order valence-corrected chi connectivity index (χ4v) is 3.59. The number of amides is 1. The summed E-state index contributed by atoms with van der Waals surface area (Å²) in [7, 11) is 1.03. The molecule has 0 heterocycles. The van der Waals surface area contributed by atoms with E-state index in [1.54, 1.807) is 19.1 Å². The van der Waals surface area contributed by atoms with Gasteiger partial charge < -0.3 is 19.1 Å². The third kappa shape index (κ3) is 5.74. The highest BCUT2D eigenvalue weighted by Crippen LogP contribution is 2.36. The zero-order valence-corrected chi connectivity index (χ0v) is 19.3. The summed E-state index contributed by atoms with van der Waals surface area (Å²) in [5.74, 6) is -0.299. The fraction of sp³-hybridized carbons (Fsp3) is 0.381. The number of methoxy groups -OCH3 is 2. The lowest BCUT2D eigenvalue weighted by molar-refractivity contribution is -0.385. The van der Waals surface area contributed by atoms with Gasteiger partial charge in [0.25, 0.3) is 11.6 Å². The molecular formula is C21H26N2O8S. The summed E-state index contributed by atoms with van der Waals surface area (Å²) in [6.45, 7) is 2.16. The number of hydrogen-bond donors (Lipinski definition) is 0. The second-order valence-electron chi connectivity index (χ2n) is 7.05. The van der Waals surface area contributed by atoms with Gasteiger partial charge in [-0.2, -0.15) is 0 Å². The third-order valence-electron chi connectivity index (χ3n) is 4.95. The number of carbonyl (C=O) groups is 1. The molecule has 2 rings (SSSR count). The Morgan fingerprint density at radius 3 is 2.25 bits per heavy atom. The summed E-state index contributed by atoms with van der Waals surface area (Å²) in [5.41, 5.74) is 0.0881. The Morgan fingerprint density at radius 2 is 1.75 bits per heavy atom. The summed E-state index contributed by atoms with van der Waals surface area (Å²) >= 11 is 0. The van der Waals surface area contributed by atoms with Gasteiger partial charge in [-0.25, -0.2) is 8.42 Å². The Hall–Kier alpha value is -3.18. The Balaban J connectivity index is 2.38. The van der Waals surface area contributed by atoms with Gasteiger partial charge in [-0.15, -0.1) is 0 Å². The molecule has 0 fully saturated rings. The molecular weight excluding hydrogens is 440 g/mol. The maximum Gasteiger partial charge on any atom is 0.286 e. The number of carbonyl (C=O) groups excluding carboxylic acids is 1. The molecule has 2 aromatic carbocycles. The number of ether oxygens (including phenoxy) is 3. The number of nitro benzene ring substituents is 1. The zero-order valence-electron chi connectivity index (χ0n) is 18.5. The summed E-state index contributed by atoms with van der Waals surface area (Å²) in [4.78, 5) is 25.7. The van der Waals surface area contributed by atoms with E-state index in [1.165, 1.54) is 44.4 Å². The molecule has 0 aromatic heterocycles. The van der Waals surface area contributed by atoms with Gasteiger partial charge >= 0.3 is 0 Å². The predicted molar refractivity (Wildman–Crippen MR) is 117 cm³/mol. The quantitative estimate of drug-likeness (QED) is 0.297. The van der Waals surface area contributed by atoms with Crippen molar-refractivity contribution in [3.8, 4) is 11.5 Å². The molecule has 0 spiro atoms. The summed E-state index contributed by atoms with van der Waals surface area (Å²) in [5, 5.41) is 11.7. The van der Waals surface area contributed by atoms with Crippen molar-refractivity contribution in [2.24, 2.45) is 0 Å². The standard InChI is InChI=1S/C21H26N2O8S/c1-14(15-6-8-16(9-7-15)32(5,27)28)22(2)21(24)17-12-19(30-4)20(31-11-10-29-3)13-18(17)23(25)26/h6-9,12-14H,10-11H2,1-5H3. The molecule has 0 N–H and O–H groups in total. The Morgan fingerprint density at radius 1 is 1.12 bits per heavy atom. The van der Waals surface area contributed by atoms with Gasteiger partial charge in [-0.05, 0) is 24.6 Å². The van der Waals surface area contributed by atoms with Crippen LogP contribution in [-0.4, -0.2) is 64.9 Å². The van der Waals surface area contributed by atoms with Gasteiger partial charge in [0.2, 0.25) is 0 Å². The van der Waals surface area contributed by atoms with Crippen LogP contribution in [0.2, 0.25) is 0 Å². The minimum atomic E-state index is -3.35. The Kier molecular flexibility index (Phi) is 8.17. The minimum Gasteiger partial charge on any atom is -0.493 e. The maximum absolute atomic E-state index is 13.2. The number of nitrogens with zero attached hydrogens (tertiary/aromatic N) is 2. The van der Waals surface area contributed by atoms with Crippen LogP contribution >= 0.6 is 0 Å². The first-order valence-electron chi connectivity index (χ1n) is 9.56. The van der Waals surface area contributed by atoms with Crippen LogP contribution in [-0.2, 0) is 14.6 Å². The molecule has 1 amide bonds. The number of nitro groups is 1. The Bertz CT molecular complexity index is 1080. The van der Waals surface area contributed by atoms with Crippen LogP contribution < -0.4 is 9.47 Å². The van der Waals surface area contributed by atoms with Crippen molar-refractivity contribution in [2.45, 2.75) is 17.9 Å². The van der Waals surface area contributed by atoms with Crippen LogP contribution in [0, 0.1) is 10.1 Å². The van der Waals surface area contributed by atoms with E-state index in [-0.39, 0.29) is 35.2 Å². The number of rotatable bonds is 10. The predicted octanol–water partition coefficient (Wildman–Crippen LogP) is 2.87. The van der Waals surface area contributed by atoms with Crippen molar-refractivity contribution >= 4 is 21.4 Å². The summed E-state index contributed by atoms with van der Waals surface area (Å²) < 4.78 is 39.0. The molecule has 0 aliphatic carbocycles. The topological polar surface area (TPSA) is 125 Å². The molecule has 1 unspecified atom stereocenters. The Labute approximate surface area is 186 Å². The lowest BCUT2D eigenvalue weighted by Gasteiger charge is -2.26. The maximum atomic E-state index is 13.2. The zero-order chi connectivity index (χ0) is 24.1. The van der Waals surface area contributed by atoms with Crippen LogP contribution in [0.4, 0.5) is 5.69 Å². The molecule has 32 heavy (non-hydrogen) atoms.